The number of ether oxygens (including phenoxy) is 3. The molecule has 0 bridgehead atoms. The highest BCUT2D eigenvalue weighted by atomic mass is 16.6. The predicted molar refractivity (Wildman–Crippen MR) is 111 cm³/mol. The summed E-state index contributed by atoms with van der Waals surface area (Å²) >= 11 is 0. The molecule has 1 aromatic heterocycles. The fourth-order valence-electron chi connectivity index (χ4n) is 3.71. The molecule has 1 aromatic carbocycles. The van der Waals surface area contributed by atoms with E-state index in [-0.39, 0.29) is 12.6 Å². The van der Waals surface area contributed by atoms with Gasteiger partial charge in [-0.3, -0.25) is 0 Å². The molecule has 6 nitrogen and oxygen atoms in total. The highest BCUT2D eigenvalue weighted by molar-refractivity contribution is 5.71. The Morgan fingerprint density at radius 1 is 1.10 bits per heavy atom. The van der Waals surface area contributed by atoms with Crippen LogP contribution in [0.15, 0.2) is 30.5 Å². The van der Waals surface area contributed by atoms with E-state index in [2.05, 4.69) is 27.2 Å². The lowest BCUT2D eigenvalue weighted by atomic mass is 10.1. The van der Waals surface area contributed by atoms with Crippen LogP contribution in [0.1, 0.15) is 47.9 Å². The molecule has 0 unspecified atom stereocenters. The Labute approximate surface area is 172 Å². The second-order valence-electron chi connectivity index (χ2n) is 7.55. The van der Waals surface area contributed by atoms with Crippen LogP contribution in [-0.4, -0.2) is 30.8 Å². The van der Waals surface area contributed by atoms with Gasteiger partial charge in [0.15, 0.2) is 6.61 Å². The van der Waals surface area contributed by atoms with Crippen LogP contribution in [0.5, 0.6) is 11.6 Å². The Balaban J connectivity index is 1.53. The number of nitrogens with zero attached hydrogens (tertiary/aromatic N) is 1. The van der Waals surface area contributed by atoms with Gasteiger partial charge in [-0.1, -0.05) is 12.1 Å². The Morgan fingerprint density at radius 2 is 1.79 bits per heavy atom. The lowest BCUT2D eigenvalue weighted by Gasteiger charge is -2.14. The Bertz CT molecular complexity index is 808. The normalized spacial score (nSPS) is 14.0. The van der Waals surface area contributed by atoms with E-state index in [0.29, 0.717) is 6.10 Å². The molecule has 3 rings (SSSR count). The van der Waals surface area contributed by atoms with Crippen molar-refractivity contribution < 1.29 is 19.0 Å². The van der Waals surface area contributed by atoms with Gasteiger partial charge in [-0.2, -0.15) is 0 Å². The number of benzene rings is 1. The summed E-state index contributed by atoms with van der Waals surface area (Å²) in [4.78, 5) is 15.6. The van der Waals surface area contributed by atoms with Crippen LogP contribution in [-0.2, 0) is 22.6 Å². The molecule has 0 atom stereocenters. The van der Waals surface area contributed by atoms with E-state index in [1.54, 1.807) is 0 Å². The van der Waals surface area contributed by atoms with E-state index < -0.39 is 0 Å². The number of nitrogens with one attached hydrogen (secondary N) is 1. The molecular weight excluding hydrogens is 368 g/mol. The quantitative estimate of drug-likeness (QED) is 0.647. The summed E-state index contributed by atoms with van der Waals surface area (Å²) in [5, 5.41) is 3.47. The fourth-order valence-corrected chi connectivity index (χ4v) is 3.71. The minimum Gasteiger partial charge on any atom is -0.481 e. The van der Waals surface area contributed by atoms with Crippen molar-refractivity contribution in [3.05, 3.63) is 52.7 Å². The van der Waals surface area contributed by atoms with Crippen LogP contribution in [0.25, 0.3) is 0 Å². The average molecular weight is 399 g/mol. The SMILES string of the molecule is COC(=O)COc1c(C)cc(CNCc2ccnc(OC3CCCC3)c2)cc1C. The Morgan fingerprint density at radius 3 is 2.48 bits per heavy atom. The van der Waals surface area contributed by atoms with Crippen LogP contribution in [0.4, 0.5) is 0 Å². The number of hydrogen-bond acceptors (Lipinski definition) is 6. The Kier molecular flexibility index (Phi) is 7.47. The summed E-state index contributed by atoms with van der Waals surface area (Å²) < 4.78 is 16.2. The first-order chi connectivity index (χ1) is 14.0. The first kappa shape index (κ1) is 21.1. The van der Waals surface area contributed by atoms with E-state index in [1.165, 1.54) is 25.5 Å². The summed E-state index contributed by atoms with van der Waals surface area (Å²) in [6.45, 7) is 5.36. The van der Waals surface area contributed by atoms with Gasteiger partial charge >= 0.3 is 5.97 Å². The van der Waals surface area contributed by atoms with E-state index in [9.17, 15) is 4.79 Å². The van der Waals surface area contributed by atoms with Crippen molar-refractivity contribution in [1.29, 1.82) is 0 Å². The van der Waals surface area contributed by atoms with Gasteiger partial charge in [-0.25, -0.2) is 9.78 Å². The zero-order chi connectivity index (χ0) is 20.6. The molecule has 2 aromatic rings. The number of methoxy groups -OCH3 is 1. The number of carbonyl (C=O) groups excluding carboxylic acids is 1. The van der Waals surface area contributed by atoms with Crippen molar-refractivity contribution in [1.82, 2.24) is 10.3 Å². The summed E-state index contributed by atoms with van der Waals surface area (Å²) in [5.41, 5.74) is 4.32. The number of hydrogen-bond donors (Lipinski definition) is 1. The molecule has 6 heteroatoms. The van der Waals surface area contributed by atoms with Crippen molar-refractivity contribution in [2.45, 2.75) is 58.7 Å². The van der Waals surface area contributed by atoms with Crippen LogP contribution in [0.2, 0.25) is 0 Å². The van der Waals surface area contributed by atoms with Gasteiger partial charge in [0.2, 0.25) is 5.88 Å². The van der Waals surface area contributed by atoms with Crippen molar-refractivity contribution >= 4 is 5.97 Å². The van der Waals surface area contributed by atoms with E-state index in [1.807, 2.05) is 32.2 Å². The second-order valence-corrected chi connectivity index (χ2v) is 7.55. The van der Waals surface area contributed by atoms with Gasteiger partial charge in [0.25, 0.3) is 0 Å². The summed E-state index contributed by atoms with van der Waals surface area (Å²) in [5.74, 6) is 1.07. The minimum absolute atomic E-state index is 0.0803. The maximum absolute atomic E-state index is 11.3. The number of aromatic nitrogens is 1. The van der Waals surface area contributed by atoms with Crippen molar-refractivity contribution in [3.63, 3.8) is 0 Å². The van der Waals surface area contributed by atoms with E-state index in [0.717, 1.165) is 54.3 Å². The molecule has 0 spiro atoms. The molecule has 1 heterocycles. The van der Waals surface area contributed by atoms with Crippen molar-refractivity contribution in [3.8, 4) is 11.6 Å². The van der Waals surface area contributed by atoms with E-state index in [4.69, 9.17) is 9.47 Å². The topological polar surface area (TPSA) is 69.7 Å². The molecule has 0 aliphatic heterocycles. The number of esters is 1. The van der Waals surface area contributed by atoms with Gasteiger partial charge in [0.05, 0.1) is 7.11 Å². The lowest BCUT2D eigenvalue weighted by Crippen LogP contribution is -2.15. The smallest absolute Gasteiger partial charge is 0.343 e. The largest absolute Gasteiger partial charge is 0.481 e. The van der Waals surface area contributed by atoms with Crippen molar-refractivity contribution in [2.75, 3.05) is 13.7 Å². The van der Waals surface area contributed by atoms with Crippen molar-refractivity contribution in [2.24, 2.45) is 0 Å². The van der Waals surface area contributed by atoms with Gasteiger partial charge < -0.3 is 19.5 Å². The molecular formula is C23H30N2O4. The van der Waals surface area contributed by atoms with Crippen LogP contribution in [0, 0.1) is 13.8 Å². The average Bonchev–Trinajstić information content (AvgIpc) is 3.20. The lowest BCUT2D eigenvalue weighted by molar-refractivity contribution is -0.142. The Hall–Kier alpha value is -2.60. The summed E-state index contributed by atoms with van der Waals surface area (Å²) in [7, 11) is 1.35. The molecule has 1 aliphatic rings. The molecule has 1 N–H and O–H groups in total. The highest BCUT2D eigenvalue weighted by Crippen LogP contribution is 2.25. The third-order valence-electron chi connectivity index (χ3n) is 5.13. The molecule has 29 heavy (non-hydrogen) atoms. The van der Waals surface area contributed by atoms with Crippen LogP contribution in [0.3, 0.4) is 0 Å². The third-order valence-corrected chi connectivity index (χ3v) is 5.13. The maximum Gasteiger partial charge on any atom is 0.343 e. The number of aryl methyl sites for hydroxylation is 2. The van der Waals surface area contributed by atoms with Crippen LogP contribution >= 0.6 is 0 Å². The van der Waals surface area contributed by atoms with Gasteiger partial charge in [0, 0.05) is 25.4 Å². The number of pyridine rings is 1. The molecule has 0 saturated heterocycles. The van der Waals surface area contributed by atoms with Crippen LogP contribution < -0.4 is 14.8 Å². The van der Waals surface area contributed by atoms with E-state index >= 15 is 0 Å². The molecule has 0 amide bonds. The zero-order valence-corrected chi connectivity index (χ0v) is 17.5. The fraction of sp³-hybridized carbons (Fsp3) is 0.478. The second kappa shape index (κ2) is 10.3. The monoisotopic (exact) mass is 398 g/mol. The molecule has 1 fully saturated rings. The highest BCUT2D eigenvalue weighted by Gasteiger charge is 2.17. The summed E-state index contributed by atoms with van der Waals surface area (Å²) in [6.07, 6.45) is 6.87. The maximum atomic E-state index is 11.3. The third kappa shape index (κ3) is 6.19. The van der Waals surface area contributed by atoms with Gasteiger partial charge in [-0.15, -0.1) is 0 Å². The zero-order valence-electron chi connectivity index (χ0n) is 17.5. The minimum atomic E-state index is -0.386. The molecule has 0 radical (unpaired) electrons. The molecule has 1 aliphatic carbocycles. The van der Waals surface area contributed by atoms with Gasteiger partial charge in [-0.05, 0) is 67.9 Å². The first-order valence-electron chi connectivity index (χ1n) is 10.2. The molecule has 1 saturated carbocycles. The van der Waals surface area contributed by atoms with Gasteiger partial charge in [0.1, 0.15) is 11.9 Å². The molecule has 156 valence electrons. The number of rotatable bonds is 9. The summed E-state index contributed by atoms with van der Waals surface area (Å²) in [6, 6.07) is 8.18. The standard InChI is InChI=1S/C23H30N2O4/c1-16-10-19(11-17(2)23(16)28-15-22(26)27-3)14-24-13-18-8-9-25-21(12-18)29-20-6-4-5-7-20/h8-12,20,24H,4-7,13-15H2,1-3H3. The predicted octanol–water partition coefficient (Wildman–Crippen LogP) is 3.86. The first-order valence-corrected chi connectivity index (χ1v) is 10.2. The number of carbonyl (C=O) groups is 1.